The number of hydrogen-bond donors (Lipinski definition) is 2. The first-order valence-electron chi connectivity index (χ1n) is 8.41. The van der Waals surface area contributed by atoms with Gasteiger partial charge in [-0.1, -0.05) is 44.2 Å². The minimum atomic E-state index is -0.527. The van der Waals surface area contributed by atoms with Crippen molar-refractivity contribution in [1.82, 2.24) is 10.2 Å². The second-order valence-corrected chi connectivity index (χ2v) is 6.43. The molecule has 0 saturated carbocycles. The summed E-state index contributed by atoms with van der Waals surface area (Å²) in [4.78, 5) is 26.2. The van der Waals surface area contributed by atoms with Gasteiger partial charge in [0.2, 0.25) is 5.91 Å². The molecule has 1 aromatic carbocycles. The molecule has 1 saturated heterocycles. The van der Waals surface area contributed by atoms with Crippen LogP contribution >= 0.6 is 0 Å². The molecule has 1 aliphatic rings. The summed E-state index contributed by atoms with van der Waals surface area (Å²) in [6.07, 6.45) is 0.911. The van der Waals surface area contributed by atoms with Gasteiger partial charge < -0.3 is 15.2 Å². The predicted molar refractivity (Wildman–Crippen MR) is 90.2 cm³/mol. The molecule has 6 nitrogen and oxygen atoms in total. The molecule has 1 heterocycles. The Balaban J connectivity index is 1.91. The molecule has 0 aliphatic carbocycles. The van der Waals surface area contributed by atoms with E-state index < -0.39 is 12.1 Å². The van der Waals surface area contributed by atoms with Crippen molar-refractivity contribution in [3.63, 3.8) is 0 Å². The standard InChI is InChI=1S/C18H26N2O4/c1-13(2)15(11-21)19-17(22)16-9-6-10-20(16)18(23)24-12-14-7-4-3-5-8-14/h3-5,7-8,13,15-16,21H,6,9-12H2,1-2H3,(H,19,22)/t15-,16-/m0/s1. The molecule has 0 unspecified atom stereocenters. The number of likely N-dealkylation sites (tertiary alicyclic amines) is 1. The second kappa shape index (κ2) is 8.68. The van der Waals surface area contributed by atoms with E-state index in [1.54, 1.807) is 0 Å². The summed E-state index contributed by atoms with van der Waals surface area (Å²) in [5, 5.41) is 12.2. The van der Waals surface area contributed by atoms with E-state index in [-0.39, 0.29) is 31.1 Å². The Labute approximate surface area is 142 Å². The SMILES string of the molecule is CC(C)[C@H](CO)NC(=O)[C@@H]1CCCN1C(=O)OCc1ccccc1. The smallest absolute Gasteiger partial charge is 0.410 e. The number of amides is 2. The maximum Gasteiger partial charge on any atom is 0.410 e. The van der Waals surface area contributed by atoms with Gasteiger partial charge in [-0.05, 0) is 24.3 Å². The number of benzene rings is 1. The average molecular weight is 334 g/mol. The second-order valence-electron chi connectivity index (χ2n) is 6.43. The summed E-state index contributed by atoms with van der Waals surface area (Å²) in [7, 11) is 0. The van der Waals surface area contributed by atoms with Gasteiger partial charge in [0.1, 0.15) is 12.6 Å². The van der Waals surface area contributed by atoms with Crippen molar-refractivity contribution in [3.8, 4) is 0 Å². The summed E-state index contributed by atoms with van der Waals surface area (Å²) in [6.45, 7) is 4.45. The van der Waals surface area contributed by atoms with Crippen molar-refractivity contribution < 1.29 is 19.4 Å². The van der Waals surface area contributed by atoms with E-state index in [1.165, 1.54) is 4.90 Å². The van der Waals surface area contributed by atoms with Crippen LogP contribution in [0, 0.1) is 5.92 Å². The number of nitrogens with one attached hydrogen (secondary N) is 1. The molecular weight excluding hydrogens is 308 g/mol. The molecule has 0 radical (unpaired) electrons. The Morgan fingerprint density at radius 1 is 1.33 bits per heavy atom. The zero-order valence-electron chi connectivity index (χ0n) is 14.3. The Kier molecular flexibility index (Phi) is 6.61. The third-order valence-electron chi connectivity index (χ3n) is 4.32. The van der Waals surface area contributed by atoms with Gasteiger partial charge in [0.05, 0.1) is 12.6 Å². The predicted octanol–water partition coefficient (Wildman–Crippen LogP) is 1.92. The van der Waals surface area contributed by atoms with Gasteiger partial charge in [-0.2, -0.15) is 0 Å². The molecule has 0 spiro atoms. The summed E-state index contributed by atoms with van der Waals surface area (Å²) in [6, 6.07) is 8.61. The fourth-order valence-corrected chi connectivity index (χ4v) is 2.76. The Morgan fingerprint density at radius 3 is 2.67 bits per heavy atom. The van der Waals surface area contributed by atoms with Crippen molar-refractivity contribution >= 4 is 12.0 Å². The van der Waals surface area contributed by atoms with E-state index in [4.69, 9.17) is 4.74 Å². The fraction of sp³-hybridized carbons (Fsp3) is 0.556. The van der Waals surface area contributed by atoms with E-state index in [0.29, 0.717) is 13.0 Å². The van der Waals surface area contributed by atoms with Gasteiger partial charge in [-0.3, -0.25) is 9.69 Å². The highest BCUT2D eigenvalue weighted by atomic mass is 16.6. The van der Waals surface area contributed by atoms with Crippen LogP contribution in [0.15, 0.2) is 30.3 Å². The number of rotatable bonds is 6. The lowest BCUT2D eigenvalue weighted by Gasteiger charge is -2.26. The summed E-state index contributed by atoms with van der Waals surface area (Å²) in [5.41, 5.74) is 0.909. The van der Waals surface area contributed by atoms with Crippen LogP contribution in [0.3, 0.4) is 0 Å². The Hall–Kier alpha value is -2.08. The topological polar surface area (TPSA) is 78.9 Å². The molecule has 0 aromatic heterocycles. The fourth-order valence-electron chi connectivity index (χ4n) is 2.76. The number of ether oxygens (including phenoxy) is 1. The van der Waals surface area contributed by atoms with Crippen molar-refractivity contribution in [2.45, 2.75) is 45.4 Å². The third kappa shape index (κ3) is 4.71. The molecule has 132 valence electrons. The first-order chi connectivity index (χ1) is 11.5. The summed E-state index contributed by atoms with van der Waals surface area (Å²) < 4.78 is 5.33. The lowest BCUT2D eigenvalue weighted by Crippen LogP contribution is -2.51. The highest BCUT2D eigenvalue weighted by Gasteiger charge is 2.36. The molecule has 24 heavy (non-hydrogen) atoms. The first-order valence-corrected chi connectivity index (χ1v) is 8.41. The van der Waals surface area contributed by atoms with E-state index in [9.17, 15) is 14.7 Å². The van der Waals surface area contributed by atoms with Crippen LogP contribution in [0.5, 0.6) is 0 Å². The van der Waals surface area contributed by atoms with Crippen LogP contribution in [-0.4, -0.2) is 47.2 Å². The summed E-state index contributed by atoms with van der Waals surface area (Å²) >= 11 is 0. The van der Waals surface area contributed by atoms with Crippen LogP contribution in [0.4, 0.5) is 4.79 Å². The van der Waals surface area contributed by atoms with Gasteiger partial charge in [-0.25, -0.2) is 4.79 Å². The van der Waals surface area contributed by atoms with Gasteiger partial charge >= 0.3 is 6.09 Å². The lowest BCUT2D eigenvalue weighted by atomic mass is 10.0. The van der Waals surface area contributed by atoms with Gasteiger partial charge in [0.25, 0.3) is 0 Å². The molecule has 1 aliphatic heterocycles. The third-order valence-corrected chi connectivity index (χ3v) is 4.32. The highest BCUT2D eigenvalue weighted by Crippen LogP contribution is 2.19. The largest absolute Gasteiger partial charge is 0.445 e. The van der Waals surface area contributed by atoms with Crippen molar-refractivity contribution in [2.24, 2.45) is 5.92 Å². The molecule has 1 aromatic rings. The van der Waals surface area contributed by atoms with Crippen LogP contribution in [0.2, 0.25) is 0 Å². The average Bonchev–Trinajstić information content (AvgIpc) is 3.08. The van der Waals surface area contributed by atoms with Crippen LogP contribution in [-0.2, 0) is 16.1 Å². The molecule has 6 heteroatoms. The highest BCUT2D eigenvalue weighted by molar-refractivity contribution is 5.86. The minimum absolute atomic E-state index is 0.116. The molecule has 0 bridgehead atoms. The van der Waals surface area contributed by atoms with Crippen molar-refractivity contribution in [3.05, 3.63) is 35.9 Å². The minimum Gasteiger partial charge on any atom is -0.445 e. The van der Waals surface area contributed by atoms with Crippen molar-refractivity contribution in [1.29, 1.82) is 0 Å². The van der Waals surface area contributed by atoms with E-state index >= 15 is 0 Å². The molecule has 1 fully saturated rings. The number of hydrogen-bond acceptors (Lipinski definition) is 4. The van der Waals surface area contributed by atoms with Gasteiger partial charge in [0.15, 0.2) is 0 Å². The van der Waals surface area contributed by atoms with Crippen LogP contribution in [0.1, 0.15) is 32.3 Å². The quantitative estimate of drug-likeness (QED) is 0.833. The number of aliphatic hydroxyl groups excluding tert-OH is 1. The van der Waals surface area contributed by atoms with E-state index in [0.717, 1.165) is 12.0 Å². The maximum absolute atomic E-state index is 12.4. The Morgan fingerprint density at radius 2 is 2.04 bits per heavy atom. The maximum atomic E-state index is 12.4. The van der Waals surface area contributed by atoms with Crippen LogP contribution < -0.4 is 5.32 Å². The number of aliphatic hydroxyl groups is 1. The van der Waals surface area contributed by atoms with E-state index in [2.05, 4.69) is 5.32 Å². The Bertz CT molecular complexity index is 547. The molecule has 2 amide bonds. The normalized spacial score (nSPS) is 18.5. The number of nitrogens with zero attached hydrogens (tertiary/aromatic N) is 1. The zero-order chi connectivity index (χ0) is 17.5. The van der Waals surface area contributed by atoms with Gasteiger partial charge in [0, 0.05) is 6.54 Å². The lowest BCUT2D eigenvalue weighted by molar-refractivity contribution is -0.126. The van der Waals surface area contributed by atoms with Crippen LogP contribution in [0.25, 0.3) is 0 Å². The molecule has 2 N–H and O–H groups in total. The van der Waals surface area contributed by atoms with Gasteiger partial charge in [-0.15, -0.1) is 0 Å². The first kappa shape index (κ1) is 18.3. The van der Waals surface area contributed by atoms with E-state index in [1.807, 2.05) is 44.2 Å². The molecule has 2 rings (SSSR count). The monoisotopic (exact) mass is 334 g/mol. The summed E-state index contributed by atoms with van der Waals surface area (Å²) in [5.74, 6) is -0.101. The van der Waals surface area contributed by atoms with Crippen molar-refractivity contribution in [2.75, 3.05) is 13.2 Å². The molecular formula is C18H26N2O4. The number of carbonyl (C=O) groups is 2. The molecule has 2 atom stereocenters. The zero-order valence-corrected chi connectivity index (χ0v) is 14.3. The number of carbonyl (C=O) groups excluding carboxylic acids is 2.